The first-order valence-electron chi connectivity index (χ1n) is 19.8. The molecular weight excluding hydrogens is 703 g/mol. The molecule has 0 unspecified atom stereocenters. The molecule has 58 heavy (non-hydrogen) atoms. The van der Waals surface area contributed by atoms with Gasteiger partial charge in [-0.25, -0.2) is 0 Å². The summed E-state index contributed by atoms with van der Waals surface area (Å²) in [5.41, 5.74) is 14.4. The van der Waals surface area contributed by atoms with Crippen molar-refractivity contribution in [3.05, 3.63) is 224 Å². The molecule has 0 fully saturated rings. The van der Waals surface area contributed by atoms with Crippen LogP contribution in [0.1, 0.15) is 0 Å². The van der Waals surface area contributed by atoms with E-state index in [9.17, 15) is 0 Å². The first-order chi connectivity index (χ1) is 28.8. The second kappa shape index (κ2) is 14.1. The normalized spacial score (nSPS) is 11.4. The van der Waals surface area contributed by atoms with Gasteiger partial charge in [0.2, 0.25) is 0 Å². The summed E-state index contributed by atoms with van der Waals surface area (Å²) in [7, 11) is 0. The minimum Gasteiger partial charge on any atom is -0.455 e. The zero-order chi connectivity index (χ0) is 38.4. The largest absolute Gasteiger partial charge is 0.455 e. The molecule has 0 saturated heterocycles. The van der Waals surface area contributed by atoms with Crippen LogP contribution in [-0.4, -0.2) is 0 Å². The summed E-state index contributed by atoms with van der Waals surface area (Å²) in [6.07, 6.45) is 0. The van der Waals surface area contributed by atoms with Gasteiger partial charge in [0.1, 0.15) is 11.2 Å². The van der Waals surface area contributed by atoms with Crippen LogP contribution in [0.15, 0.2) is 229 Å². The highest BCUT2D eigenvalue weighted by molar-refractivity contribution is 6.19. The molecule has 0 saturated carbocycles. The molecule has 1 heterocycles. The lowest BCUT2D eigenvalue weighted by Crippen LogP contribution is -2.11. The average Bonchev–Trinajstić information content (AvgIpc) is 3.70. The van der Waals surface area contributed by atoms with Crippen LogP contribution in [0.3, 0.4) is 0 Å². The van der Waals surface area contributed by atoms with Crippen LogP contribution in [0.25, 0.3) is 88.0 Å². The average molecular weight is 740 g/mol. The van der Waals surface area contributed by atoms with E-state index in [2.05, 4.69) is 229 Å². The Morgan fingerprint density at radius 3 is 1.76 bits per heavy atom. The molecule has 11 rings (SSSR count). The summed E-state index contributed by atoms with van der Waals surface area (Å²) in [5, 5.41) is 7.04. The predicted molar refractivity (Wildman–Crippen MR) is 245 cm³/mol. The SMILES string of the molecule is c1ccc(-c2cccc(N(c3ccc(-c4cccc(-c5cccc6ccccc56)c4)cc3)c3ccccc3-c3cccc4oc5c6ccccc6ccc5c34)c2)cc1. The number of fused-ring (bicyclic) bond motifs is 6. The smallest absolute Gasteiger partial charge is 0.143 e. The highest BCUT2D eigenvalue weighted by Gasteiger charge is 2.21. The number of para-hydroxylation sites is 1. The maximum Gasteiger partial charge on any atom is 0.143 e. The zero-order valence-electron chi connectivity index (χ0n) is 31.7. The van der Waals surface area contributed by atoms with Gasteiger partial charge in [0.15, 0.2) is 0 Å². The minimum atomic E-state index is 0.881. The molecule has 0 atom stereocenters. The maximum atomic E-state index is 6.66. The molecule has 0 aliphatic carbocycles. The Kier molecular flexibility index (Phi) is 8.19. The van der Waals surface area contributed by atoms with E-state index in [0.717, 1.165) is 61.1 Å². The van der Waals surface area contributed by atoms with E-state index >= 15 is 0 Å². The standard InChI is InChI=1S/C56H37NO/c1-2-14-38(15-3-1)43-20-11-22-46(37-43)57(45-33-30-39(31-34-45)42-19-10-21-44(36-42)48-26-12-18-40-16-4-6-23-47(40)48)53-28-9-8-25-50(53)51-27-13-29-54-55(51)52-35-32-41-17-5-7-24-49(41)56(52)58-54/h1-37H. The number of anilines is 3. The fourth-order valence-electron chi connectivity index (χ4n) is 8.70. The third-order valence-electron chi connectivity index (χ3n) is 11.5. The lowest BCUT2D eigenvalue weighted by Gasteiger charge is -2.28. The highest BCUT2D eigenvalue weighted by atomic mass is 16.3. The van der Waals surface area contributed by atoms with Gasteiger partial charge in [-0.1, -0.05) is 176 Å². The van der Waals surface area contributed by atoms with E-state index in [1.54, 1.807) is 0 Å². The molecular formula is C56H37NO. The van der Waals surface area contributed by atoms with Crippen molar-refractivity contribution in [2.24, 2.45) is 0 Å². The molecule has 2 heteroatoms. The number of hydrogen-bond acceptors (Lipinski definition) is 2. The maximum absolute atomic E-state index is 6.66. The van der Waals surface area contributed by atoms with Crippen LogP contribution in [0.2, 0.25) is 0 Å². The lowest BCUT2D eigenvalue weighted by molar-refractivity contribution is 0.673. The molecule has 0 N–H and O–H groups in total. The van der Waals surface area contributed by atoms with Gasteiger partial charge in [0, 0.05) is 33.1 Å². The van der Waals surface area contributed by atoms with Crippen LogP contribution in [0.4, 0.5) is 17.1 Å². The van der Waals surface area contributed by atoms with Gasteiger partial charge < -0.3 is 9.32 Å². The first-order valence-corrected chi connectivity index (χ1v) is 19.8. The van der Waals surface area contributed by atoms with Crippen molar-refractivity contribution in [2.45, 2.75) is 0 Å². The monoisotopic (exact) mass is 739 g/mol. The molecule has 10 aromatic carbocycles. The Hall–Kier alpha value is -7.68. The van der Waals surface area contributed by atoms with Gasteiger partial charge in [-0.15, -0.1) is 0 Å². The van der Waals surface area contributed by atoms with Crippen molar-refractivity contribution in [2.75, 3.05) is 4.90 Å². The quantitative estimate of drug-likeness (QED) is 0.162. The molecule has 11 aromatic rings. The molecule has 2 nitrogen and oxygen atoms in total. The van der Waals surface area contributed by atoms with Gasteiger partial charge in [-0.05, 0) is 104 Å². The Labute approximate surface area is 337 Å². The fraction of sp³-hybridized carbons (Fsp3) is 0. The molecule has 0 aliphatic rings. The second-order valence-corrected chi connectivity index (χ2v) is 14.9. The Balaban J connectivity index is 1.07. The fourth-order valence-corrected chi connectivity index (χ4v) is 8.70. The number of benzene rings is 10. The van der Waals surface area contributed by atoms with Crippen molar-refractivity contribution in [1.29, 1.82) is 0 Å². The third-order valence-corrected chi connectivity index (χ3v) is 11.5. The summed E-state index contributed by atoms with van der Waals surface area (Å²) in [4.78, 5) is 2.40. The summed E-state index contributed by atoms with van der Waals surface area (Å²) in [6.45, 7) is 0. The topological polar surface area (TPSA) is 16.4 Å². The molecule has 0 amide bonds. The molecule has 0 radical (unpaired) electrons. The molecule has 1 aromatic heterocycles. The molecule has 0 aliphatic heterocycles. The van der Waals surface area contributed by atoms with Gasteiger partial charge in [-0.3, -0.25) is 0 Å². The summed E-state index contributed by atoms with van der Waals surface area (Å²) < 4.78 is 6.66. The molecule has 272 valence electrons. The van der Waals surface area contributed by atoms with E-state index < -0.39 is 0 Å². The minimum absolute atomic E-state index is 0.881. The first kappa shape index (κ1) is 33.6. The van der Waals surface area contributed by atoms with Crippen LogP contribution in [0.5, 0.6) is 0 Å². The van der Waals surface area contributed by atoms with Crippen molar-refractivity contribution < 1.29 is 4.42 Å². The van der Waals surface area contributed by atoms with Crippen LogP contribution in [0, 0.1) is 0 Å². The van der Waals surface area contributed by atoms with Gasteiger partial charge in [-0.2, -0.15) is 0 Å². The molecule has 0 bridgehead atoms. The molecule has 0 spiro atoms. The number of rotatable bonds is 7. The van der Waals surface area contributed by atoms with Gasteiger partial charge in [0.25, 0.3) is 0 Å². The van der Waals surface area contributed by atoms with Crippen molar-refractivity contribution >= 4 is 60.5 Å². The summed E-state index contributed by atoms with van der Waals surface area (Å²) in [5.74, 6) is 0. The van der Waals surface area contributed by atoms with E-state index in [-0.39, 0.29) is 0 Å². The van der Waals surface area contributed by atoms with Crippen LogP contribution < -0.4 is 4.90 Å². The van der Waals surface area contributed by atoms with Crippen LogP contribution in [-0.2, 0) is 0 Å². The summed E-state index contributed by atoms with van der Waals surface area (Å²) in [6, 6.07) is 80.6. The van der Waals surface area contributed by atoms with Crippen molar-refractivity contribution in [3.63, 3.8) is 0 Å². The lowest BCUT2D eigenvalue weighted by atomic mass is 9.95. The van der Waals surface area contributed by atoms with E-state index in [0.29, 0.717) is 0 Å². The van der Waals surface area contributed by atoms with E-state index in [4.69, 9.17) is 4.42 Å². The number of nitrogens with zero attached hydrogens (tertiary/aromatic N) is 1. The zero-order valence-corrected chi connectivity index (χ0v) is 31.7. The summed E-state index contributed by atoms with van der Waals surface area (Å²) >= 11 is 0. The van der Waals surface area contributed by atoms with E-state index in [1.807, 2.05) is 0 Å². The Morgan fingerprint density at radius 1 is 0.310 bits per heavy atom. The van der Waals surface area contributed by atoms with Crippen LogP contribution >= 0.6 is 0 Å². The Bertz CT molecular complexity index is 3280. The third kappa shape index (κ3) is 5.82. The van der Waals surface area contributed by atoms with Gasteiger partial charge >= 0.3 is 0 Å². The van der Waals surface area contributed by atoms with E-state index in [1.165, 1.54) is 44.0 Å². The van der Waals surface area contributed by atoms with Crippen molar-refractivity contribution in [1.82, 2.24) is 0 Å². The second-order valence-electron chi connectivity index (χ2n) is 14.9. The number of hydrogen-bond donors (Lipinski definition) is 0. The van der Waals surface area contributed by atoms with Crippen molar-refractivity contribution in [3.8, 4) is 44.5 Å². The Morgan fingerprint density at radius 2 is 0.897 bits per heavy atom. The van der Waals surface area contributed by atoms with Gasteiger partial charge in [0.05, 0.1) is 5.69 Å². The highest BCUT2D eigenvalue weighted by Crippen LogP contribution is 2.46. The predicted octanol–water partition coefficient (Wildman–Crippen LogP) is 16.0. The number of furan rings is 1.